The second-order valence-electron chi connectivity index (χ2n) is 5.38. The largest absolute Gasteiger partial charge is 0.481 e. The molecule has 1 fully saturated rings. The number of hydrogen-bond donors (Lipinski definition) is 1. The third-order valence-electron chi connectivity index (χ3n) is 3.69. The van der Waals surface area contributed by atoms with Gasteiger partial charge in [-0.2, -0.15) is 5.26 Å². The number of carbonyl (C=O) groups excluding carboxylic acids is 1. The zero-order chi connectivity index (χ0) is 15.1. The van der Waals surface area contributed by atoms with Crippen LogP contribution in [-0.2, 0) is 4.79 Å². The number of nitriles is 1. The number of carbonyl (C=O) groups is 2. The highest BCUT2D eigenvalue weighted by Crippen LogP contribution is 2.22. The van der Waals surface area contributed by atoms with E-state index in [1.165, 1.54) is 0 Å². The smallest absolute Gasteiger partial charge is 0.320 e. The summed E-state index contributed by atoms with van der Waals surface area (Å²) in [5.41, 5.74) is 0. The first-order chi connectivity index (χ1) is 9.47. The Kier molecular flexibility index (Phi) is 6.29. The first-order valence-electron chi connectivity index (χ1n) is 7.13. The van der Waals surface area contributed by atoms with Gasteiger partial charge in [-0.1, -0.05) is 0 Å². The predicted molar refractivity (Wildman–Crippen MR) is 74.0 cm³/mol. The van der Waals surface area contributed by atoms with Crippen molar-refractivity contribution in [1.82, 2.24) is 9.80 Å². The van der Waals surface area contributed by atoms with Crippen LogP contribution in [0.5, 0.6) is 0 Å². The fourth-order valence-corrected chi connectivity index (χ4v) is 2.48. The van der Waals surface area contributed by atoms with E-state index in [4.69, 9.17) is 10.4 Å². The number of urea groups is 1. The van der Waals surface area contributed by atoms with Gasteiger partial charge >= 0.3 is 12.0 Å². The molecule has 1 N–H and O–H groups in total. The Balaban J connectivity index is 2.47. The van der Waals surface area contributed by atoms with Gasteiger partial charge in [0.05, 0.1) is 12.0 Å². The molecule has 0 aromatic heterocycles. The summed E-state index contributed by atoms with van der Waals surface area (Å²) in [6.45, 7) is 6.04. The Labute approximate surface area is 120 Å². The summed E-state index contributed by atoms with van der Waals surface area (Å²) in [5, 5.41) is 17.5. The second kappa shape index (κ2) is 7.73. The molecule has 2 atom stereocenters. The van der Waals surface area contributed by atoms with Crippen LogP contribution in [-0.4, -0.2) is 53.1 Å². The zero-order valence-electron chi connectivity index (χ0n) is 12.2. The van der Waals surface area contributed by atoms with E-state index in [0.29, 0.717) is 32.6 Å². The molecule has 1 heterocycles. The van der Waals surface area contributed by atoms with E-state index in [1.54, 1.807) is 16.7 Å². The molecule has 1 saturated heterocycles. The first-order valence-corrected chi connectivity index (χ1v) is 7.13. The highest BCUT2D eigenvalue weighted by Gasteiger charge is 2.29. The van der Waals surface area contributed by atoms with E-state index in [2.05, 4.69) is 6.07 Å². The summed E-state index contributed by atoms with van der Waals surface area (Å²) in [7, 11) is 0. The number of amides is 2. The maximum atomic E-state index is 12.3. The lowest BCUT2D eigenvalue weighted by atomic mass is 10.0. The summed E-state index contributed by atoms with van der Waals surface area (Å²) >= 11 is 0. The SMILES string of the molecule is CCN(CC(C)C#N)C(=O)N1CCC(CCC(=O)O)C1. The standard InChI is InChI=1S/C14H23N3O3/c1-3-16(9-11(2)8-15)14(20)17-7-6-12(10-17)4-5-13(18)19/h11-12H,3-7,9-10H2,1-2H3,(H,18,19). The quantitative estimate of drug-likeness (QED) is 0.804. The molecule has 1 aliphatic heterocycles. The summed E-state index contributed by atoms with van der Waals surface area (Å²) < 4.78 is 0. The van der Waals surface area contributed by atoms with Crippen LogP contribution in [0.1, 0.15) is 33.1 Å². The molecule has 0 spiro atoms. The van der Waals surface area contributed by atoms with Crippen molar-refractivity contribution < 1.29 is 14.7 Å². The van der Waals surface area contributed by atoms with Crippen LogP contribution in [0.3, 0.4) is 0 Å². The number of nitrogens with zero attached hydrogens (tertiary/aromatic N) is 3. The average molecular weight is 281 g/mol. The topological polar surface area (TPSA) is 84.6 Å². The van der Waals surface area contributed by atoms with E-state index >= 15 is 0 Å². The predicted octanol–water partition coefficient (Wildman–Crippen LogP) is 1.77. The molecule has 0 aliphatic carbocycles. The lowest BCUT2D eigenvalue weighted by molar-refractivity contribution is -0.137. The van der Waals surface area contributed by atoms with Crippen molar-refractivity contribution in [2.45, 2.75) is 33.1 Å². The molecule has 2 amide bonds. The molecule has 0 aromatic carbocycles. The molecule has 1 rings (SSSR count). The van der Waals surface area contributed by atoms with Gasteiger partial charge in [-0.3, -0.25) is 4.79 Å². The number of likely N-dealkylation sites (tertiary alicyclic amines) is 1. The average Bonchev–Trinajstić information content (AvgIpc) is 2.90. The Morgan fingerprint density at radius 2 is 2.25 bits per heavy atom. The minimum absolute atomic E-state index is 0.0348. The van der Waals surface area contributed by atoms with Crippen LogP contribution in [0.15, 0.2) is 0 Å². The Hall–Kier alpha value is -1.77. The minimum atomic E-state index is -0.784. The zero-order valence-corrected chi connectivity index (χ0v) is 12.2. The van der Waals surface area contributed by atoms with Gasteiger partial charge in [-0.05, 0) is 32.6 Å². The van der Waals surface area contributed by atoms with Crippen LogP contribution in [0.25, 0.3) is 0 Å². The highest BCUT2D eigenvalue weighted by molar-refractivity contribution is 5.74. The Bertz CT molecular complexity index is 392. The fourth-order valence-electron chi connectivity index (χ4n) is 2.48. The number of rotatable bonds is 6. The normalized spacial score (nSPS) is 19.4. The van der Waals surface area contributed by atoms with Gasteiger partial charge in [0.15, 0.2) is 0 Å². The third kappa shape index (κ3) is 4.72. The molecule has 6 heteroatoms. The summed E-state index contributed by atoms with van der Waals surface area (Å²) in [5.74, 6) is -0.681. The molecule has 20 heavy (non-hydrogen) atoms. The lowest BCUT2D eigenvalue weighted by Crippen LogP contribution is -2.43. The molecule has 0 radical (unpaired) electrons. The van der Waals surface area contributed by atoms with Crippen molar-refractivity contribution in [3.63, 3.8) is 0 Å². The van der Waals surface area contributed by atoms with Crippen molar-refractivity contribution in [1.29, 1.82) is 5.26 Å². The molecule has 0 aromatic rings. The maximum absolute atomic E-state index is 12.3. The lowest BCUT2D eigenvalue weighted by Gasteiger charge is -2.27. The minimum Gasteiger partial charge on any atom is -0.481 e. The van der Waals surface area contributed by atoms with Crippen molar-refractivity contribution in [3.8, 4) is 6.07 Å². The van der Waals surface area contributed by atoms with Gasteiger partial charge in [0, 0.05) is 32.6 Å². The van der Waals surface area contributed by atoms with Crippen LogP contribution in [0, 0.1) is 23.2 Å². The van der Waals surface area contributed by atoms with Gasteiger partial charge in [-0.15, -0.1) is 0 Å². The number of aliphatic carboxylic acids is 1. The van der Waals surface area contributed by atoms with Crippen molar-refractivity contribution in [2.24, 2.45) is 11.8 Å². The molecular weight excluding hydrogens is 258 g/mol. The van der Waals surface area contributed by atoms with Crippen LogP contribution >= 0.6 is 0 Å². The molecule has 0 saturated carbocycles. The monoisotopic (exact) mass is 281 g/mol. The van der Waals surface area contributed by atoms with E-state index in [9.17, 15) is 9.59 Å². The summed E-state index contributed by atoms with van der Waals surface area (Å²) in [6, 6.07) is 2.10. The number of hydrogen-bond acceptors (Lipinski definition) is 3. The number of carboxylic acids is 1. The molecule has 2 unspecified atom stereocenters. The highest BCUT2D eigenvalue weighted by atomic mass is 16.4. The van der Waals surface area contributed by atoms with E-state index in [0.717, 1.165) is 6.42 Å². The van der Waals surface area contributed by atoms with Gasteiger partial charge in [0.2, 0.25) is 0 Å². The summed E-state index contributed by atoms with van der Waals surface area (Å²) in [4.78, 5) is 26.4. The maximum Gasteiger partial charge on any atom is 0.320 e. The molecule has 1 aliphatic rings. The molecular formula is C14H23N3O3. The number of carboxylic acid groups (broad SMARTS) is 1. The van der Waals surface area contributed by atoms with Crippen molar-refractivity contribution in [2.75, 3.05) is 26.2 Å². The van der Waals surface area contributed by atoms with Gasteiger partial charge in [-0.25, -0.2) is 4.79 Å². The van der Waals surface area contributed by atoms with Gasteiger partial charge in [0.25, 0.3) is 0 Å². The van der Waals surface area contributed by atoms with Crippen LogP contribution < -0.4 is 0 Å². The van der Waals surface area contributed by atoms with E-state index < -0.39 is 5.97 Å². The van der Waals surface area contributed by atoms with Crippen molar-refractivity contribution in [3.05, 3.63) is 0 Å². The molecule has 112 valence electrons. The van der Waals surface area contributed by atoms with Crippen LogP contribution in [0.2, 0.25) is 0 Å². The van der Waals surface area contributed by atoms with E-state index in [-0.39, 0.29) is 24.3 Å². The van der Waals surface area contributed by atoms with E-state index in [1.807, 2.05) is 6.92 Å². The second-order valence-corrected chi connectivity index (χ2v) is 5.38. The Morgan fingerprint density at radius 1 is 1.55 bits per heavy atom. The fraction of sp³-hybridized carbons (Fsp3) is 0.786. The molecule has 6 nitrogen and oxygen atoms in total. The Morgan fingerprint density at radius 3 is 2.80 bits per heavy atom. The molecule has 0 bridgehead atoms. The summed E-state index contributed by atoms with van der Waals surface area (Å²) in [6.07, 6.45) is 1.65. The first kappa shape index (κ1) is 16.3. The van der Waals surface area contributed by atoms with Gasteiger partial charge < -0.3 is 14.9 Å². The van der Waals surface area contributed by atoms with Crippen LogP contribution in [0.4, 0.5) is 4.79 Å². The third-order valence-corrected chi connectivity index (χ3v) is 3.69. The van der Waals surface area contributed by atoms with Crippen molar-refractivity contribution >= 4 is 12.0 Å². The van der Waals surface area contributed by atoms with Gasteiger partial charge in [0.1, 0.15) is 0 Å².